The lowest BCUT2D eigenvalue weighted by molar-refractivity contribution is -0.133. The van der Waals surface area contributed by atoms with E-state index in [9.17, 15) is 9.59 Å². The molecule has 2 amide bonds. The number of hydrogen-bond acceptors (Lipinski definition) is 5. The molecule has 1 atom stereocenters. The molecule has 3 rings (SSSR count). The van der Waals surface area contributed by atoms with Crippen molar-refractivity contribution in [3.05, 3.63) is 29.8 Å². The van der Waals surface area contributed by atoms with Crippen molar-refractivity contribution < 1.29 is 19.1 Å². The molecule has 1 unspecified atom stereocenters. The van der Waals surface area contributed by atoms with Gasteiger partial charge in [-0.25, -0.2) is 4.79 Å². The summed E-state index contributed by atoms with van der Waals surface area (Å²) in [5.41, 5.74) is 0.613. The van der Waals surface area contributed by atoms with E-state index in [0.29, 0.717) is 32.7 Å². The van der Waals surface area contributed by atoms with Gasteiger partial charge < -0.3 is 19.3 Å². The molecule has 0 spiro atoms. The van der Waals surface area contributed by atoms with Crippen LogP contribution in [-0.4, -0.2) is 78.2 Å². The van der Waals surface area contributed by atoms with Crippen LogP contribution in [0.25, 0.3) is 0 Å². The summed E-state index contributed by atoms with van der Waals surface area (Å²) in [4.78, 5) is 31.0. The molecule has 0 aliphatic carbocycles. The first kappa shape index (κ1) is 20.5. The van der Waals surface area contributed by atoms with Crippen LogP contribution >= 0.6 is 0 Å². The Morgan fingerprint density at radius 1 is 1.07 bits per heavy atom. The maximum Gasteiger partial charge on any atom is 0.410 e. The van der Waals surface area contributed by atoms with Crippen LogP contribution in [-0.2, 0) is 16.1 Å². The Kier molecular flexibility index (Phi) is 6.13. The highest BCUT2D eigenvalue weighted by molar-refractivity contribution is 5.84. The van der Waals surface area contributed by atoms with Crippen LogP contribution in [0.1, 0.15) is 32.8 Å². The lowest BCUT2D eigenvalue weighted by Crippen LogP contribution is -2.54. The number of methoxy groups -OCH3 is 1. The number of carbonyl (C=O) groups excluding carboxylic acids is 2. The van der Waals surface area contributed by atoms with E-state index in [4.69, 9.17) is 9.47 Å². The molecule has 0 N–H and O–H groups in total. The molecule has 1 aromatic rings. The quantitative estimate of drug-likeness (QED) is 0.791. The number of carbonyl (C=O) groups is 2. The minimum atomic E-state index is -0.488. The zero-order valence-corrected chi connectivity index (χ0v) is 17.3. The highest BCUT2D eigenvalue weighted by Crippen LogP contribution is 2.22. The van der Waals surface area contributed by atoms with E-state index in [1.54, 1.807) is 12.0 Å². The van der Waals surface area contributed by atoms with Gasteiger partial charge >= 0.3 is 6.09 Å². The number of amides is 2. The topological polar surface area (TPSA) is 62.3 Å². The fraction of sp³-hybridized carbons (Fsp3) is 0.619. The van der Waals surface area contributed by atoms with Gasteiger partial charge in [0.25, 0.3) is 0 Å². The first-order valence-electron chi connectivity index (χ1n) is 9.90. The first-order chi connectivity index (χ1) is 13.3. The van der Waals surface area contributed by atoms with Gasteiger partial charge in [0.2, 0.25) is 5.91 Å². The number of rotatable bonds is 4. The Morgan fingerprint density at radius 3 is 2.29 bits per heavy atom. The molecule has 28 heavy (non-hydrogen) atoms. The van der Waals surface area contributed by atoms with Gasteiger partial charge in [-0.15, -0.1) is 0 Å². The van der Waals surface area contributed by atoms with Crippen molar-refractivity contribution in [2.75, 3.05) is 39.8 Å². The van der Waals surface area contributed by atoms with Crippen molar-refractivity contribution in [3.63, 3.8) is 0 Å². The van der Waals surface area contributed by atoms with Crippen LogP contribution in [0.3, 0.4) is 0 Å². The molecule has 2 fully saturated rings. The van der Waals surface area contributed by atoms with Gasteiger partial charge in [-0.05, 0) is 44.9 Å². The highest BCUT2D eigenvalue weighted by atomic mass is 16.6. The fourth-order valence-electron chi connectivity index (χ4n) is 3.71. The molecule has 7 heteroatoms. The summed E-state index contributed by atoms with van der Waals surface area (Å²) in [7, 11) is 1.65. The van der Waals surface area contributed by atoms with Gasteiger partial charge in [-0.1, -0.05) is 12.1 Å². The van der Waals surface area contributed by atoms with Crippen molar-refractivity contribution in [1.82, 2.24) is 14.7 Å². The zero-order chi connectivity index (χ0) is 20.3. The number of nitrogens with zero attached hydrogens (tertiary/aromatic N) is 3. The van der Waals surface area contributed by atoms with Crippen molar-refractivity contribution in [1.29, 1.82) is 0 Å². The van der Waals surface area contributed by atoms with E-state index < -0.39 is 5.60 Å². The molecule has 2 saturated heterocycles. The summed E-state index contributed by atoms with van der Waals surface area (Å²) in [6.45, 7) is 9.59. The minimum Gasteiger partial charge on any atom is -0.497 e. The van der Waals surface area contributed by atoms with Gasteiger partial charge in [0.05, 0.1) is 13.2 Å². The van der Waals surface area contributed by atoms with Crippen molar-refractivity contribution >= 4 is 12.0 Å². The molecule has 0 aromatic heterocycles. The second kappa shape index (κ2) is 8.39. The van der Waals surface area contributed by atoms with Crippen molar-refractivity contribution in [3.8, 4) is 5.75 Å². The van der Waals surface area contributed by atoms with Crippen LogP contribution < -0.4 is 4.74 Å². The molecule has 2 heterocycles. The first-order valence-corrected chi connectivity index (χ1v) is 9.90. The number of hydrogen-bond donors (Lipinski definition) is 0. The third-order valence-corrected chi connectivity index (χ3v) is 5.21. The smallest absolute Gasteiger partial charge is 0.410 e. The molecule has 0 radical (unpaired) electrons. The summed E-state index contributed by atoms with van der Waals surface area (Å²) in [5.74, 6) is 0.999. The molecule has 0 bridgehead atoms. The Hall–Kier alpha value is -2.28. The normalized spacial score (nSPS) is 21.1. The lowest BCUT2D eigenvalue weighted by atomic mass is 10.1. The van der Waals surface area contributed by atoms with Crippen LogP contribution in [0, 0.1) is 0 Å². The third-order valence-electron chi connectivity index (χ3n) is 5.21. The largest absolute Gasteiger partial charge is 0.497 e. The monoisotopic (exact) mass is 389 g/mol. The highest BCUT2D eigenvalue weighted by Gasteiger charge is 2.38. The molecular weight excluding hydrogens is 358 g/mol. The standard InChI is InChI=1S/C21H31N3O4/c1-21(2,3)28-20(26)23-13-11-22(12-14-23)18-9-10-24(19(18)25)15-16-5-7-17(27-4)8-6-16/h5-8,18H,9-15H2,1-4H3. The van der Waals surface area contributed by atoms with Crippen LogP contribution in [0.2, 0.25) is 0 Å². The Balaban J connectivity index is 1.50. The zero-order valence-electron chi connectivity index (χ0n) is 17.3. The van der Waals surface area contributed by atoms with Crippen molar-refractivity contribution in [2.45, 2.75) is 45.4 Å². The second-order valence-corrected chi connectivity index (χ2v) is 8.42. The number of benzene rings is 1. The van der Waals surface area contributed by atoms with Crippen molar-refractivity contribution in [2.24, 2.45) is 0 Å². The van der Waals surface area contributed by atoms with Gasteiger partial charge in [-0.2, -0.15) is 0 Å². The maximum absolute atomic E-state index is 12.9. The molecule has 7 nitrogen and oxygen atoms in total. The summed E-state index contributed by atoms with van der Waals surface area (Å²) in [5, 5.41) is 0. The van der Waals surface area contributed by atoms with Crippen LogP contribution in [0.4, 0.5) is 4.79 Å². The van der Waals surface area contributed by atoms with E-state index in [2.05, 4.69) is 4.90 Å². The van der Waals surface area contributed by atoms with Gasteiger partial charge in [0, 0.05) is 39.3 Å². The molecule has 2 aliphatic rings. The minimum absolute atomic E-state index is 0.0842. The number of ether oxygens (including phenoxy) is 2. The van der Waals surface area contributed by atoms with Crippen LogP contribution in [0.5, 0.6) is 5.75 Å². The molecule has 0 saturated carbocycles. The van der Waals surface area contributed by atoms with E-state index in [1.165, 1.54) is 0 Å². The molecule has 154 valence electrons. The van der Waals surface area contributed by atoms with Gasteiger partial charge in [0.1, 0.15) is 11.4 Å². The predicted molar refractivity (Wildman–Crippen MR) is 106 cm³/mol. The van der Waals surface area contributed by atoms with E-state index >= 15 is 0 Å². The average molecular weight is 389 g/mol. The Morgan fingerprint density at radius 2 is 1.71 bits per heavy atom. The summed E-state index contributed by atoms with van der Waals surface area (Å²) in [6.07, 6.45) is 0.563. The van der Waals surface area contributed by atoms with Gasteiger partial charge in [-0.3, -0.25) is 9.69 Å². The number of likely N-dealkylation sites (tertiary alicyclic amines) is 1. The third kappa shape index (κ3) is 4.95. The lowest BCUT2D eigenvalue weighted by Gasteiger charge is -2.37. The second-order valence-electron chi connectivity index (χ2n) is 8.42. The van der Waals surface area contributed by atoms with Crippen LogP contribution in [0.15, 0.2) is 24.3 Å². The summed E-state index contributed by atoms with van der Waals surface area (Å²) < 4.78 is 10.6. The fourth-order valence-corrected chi connectivity index (χ4v) is 3.71. The van der Waals surface area contributed by atoms with E-state index in [0.717, 1.165) is 24.3 Å². The summed E-state index contributed by atoms with van der Waals surface area (Å²) in [6, 6.07) is 7.75. The Bertz CT molecular complexity index is 691. The predicted octanol–water partition coefficient (Wildman–Crippen LogP) is 2.35. The average Bonchev–Trinajstić information content (AvgIpc) is 3.01. The number of piperazine rings is 1. The van der Waals surface area contributed by atoms with E-state index in [1.807, 2.05) is 49.9 Å². The van der Waals surface area contributed by atoms with E-state index in [-0.39, 0.29) is 18.0 Å². The Labute approximate surface area is 167 Å². The molecule has 2 aliphatic heterocycles. The van der Waals surface area contributed by atoms with Gasteiger partial charge in [0.15, 0.2) is 0 Å². The molecule has 1 aromatic carbocycles. The summed E-state index contributed by atoms with van der Waals surface area (Å²) >= 11 is 0. The molecular formula is C21H31N3O4. The maximum atomic E-state index is 12.9. The SMILES string of the molecule is COc1ccc(CN2CCC(N3CCN(C(=O)OC(C)(C)C)CC3)C2=O)cc1.